The molecule has 0 unspecified atom stereocenters. The third-order valence-electron chi connectivity index (χ3n) is 2.23. The monoisotopic (exact) mass is 352 g/mol. The van der Waals surface area contributed by atoms with Crippen molar-refractivity contribution in [2.45, 2.75) is 33.6 Å². The van der Waals surface area contributed by atoms with E-state index in [0.29, 0.717) is 0 Å². The van der Waals surface area contributed by atoms with Gasteiger partial charge in [0, 0.05) is 25.8 Å². The molecule has 0 saturated carbocycles. The van der Waals surface area contributed by atoms with E-state index in [1.807, 2.05) is 0 Å². The standard InChI is InChI=1S/C7H9.C6H7.Hf/c1-6-4-3-5-7(6)2;1-6-4-2-3-5-6;/h3H,4H2,1-2H3;2,4H,3H2,1H3;/q2*-1;. The Hall–Kier alpha value is -0.170. The van der Waals surface area contributed by atoms with Gasteiger partial charge >= 0.3 is 0 Å². The van der Waals surface area contributed by atoms with E-state index in [2.05, 4.69) is 51.2 Å². The van der Waals surface area contributed by atoms with Crippen LogP contribution in [0.1, 0.15) is 33.6 Å². The Morgan fingerprint density at radius 3 is 2.07 bits per heavy atom. The summed E-state index contributed by atoms with van der Waals surface area (Å²) in [5, 5.41) is 0. The zero-order valence-corrected chi connectivity index (χ0v) is 12.7. The average molecular weight is 351 g/mol. The van der Waals surface area contributed by atoms with Gasteiger partial charge in [0.2, 0.25) is 0 Å². The summed E-state index contributed by atoms with van der Waals surface area (Å²) in [6.45, 7) is 6.30. The first-order valence-electron chi connectivity index (χ1n) is 4.68. The van der Waals surface area contributed by atoms with Crippen LogP contribution in [0.25, 0.3) is 0 Å². The predicted molar refractivity (Wildman–Crippen MR) is 57.0 cm³/mol. The smallest absolute Gasteiger partial charge is 0 e. The van der Waals surface area contributed by atoms with Gasteiger partial charge in [0.25, 0.3) is 0 Å². The van der Waals surface area contributed by atoms with E-state index in [0.717, 1.165) is 12.8 Å². The van der Waals surface area contributed by atoms with Crippen LogP contribution in [-0.4, -0.2) is 0 Å². The molecule has 0 heterocycles. The number of allylic oxidation sites excluding steroid dienone is 8. The van der Waals surface area contributed by atoms with Gasteiger partial charge in [-0.2, -0.15) is 12.2 Å². The van der Waals surface area contributed by atoms with Crippen molar-refractivity contribution in [3.63, 3.8) is 0 Å². The predicted octanol–water partition coefficient (Wildman–Crippen LogP) is 3.78. The maximum absolute atomic E-state index is 3.12. The Morgan fingerprint density at radius 1 is 1.21 bits per heavy atom. The summed E-state index contributed by atoms with van der Waals surface area (Å²) < 4.78 is 0. The van der Waals surface area contributed by atoms with E-state index in [1.165, 1.54) is 16.7 Å². The van der Waals surface area contributed by atoms with Gasteiger partial charge in [-0.3, -0.25) is 12.2 Å². The fourth-order valence-corrected chi connectivity index (χ4v) is 1.15. The first-order chi connectivity index (χ1) is 6.20. The molecule has 0 aliphatic heterocycles. The van der Waals surface area contributed by atoms with E-state index in [1.54, 1.807) is 0 Å². The van der Waals surface area contributed by atoms with Crippen molar-refractivity contribution in [2.24, 2.45) is 0 Å². The number of hydrogen-bond acceptors (Lipinski definition) is 0. The maximum atomic E-state index is 3.12. The Morgan fingerprint density at radius 2 is 1.93 bits per heavy atom. The van der Waals surface area contributed by atoms with Gasteiger partial charge in [-0.25, -0.2) is 22.8 Å². The van der Waals surface area contributed by atoms with Crippen molar-refractivity contribution < 1.29 is 25.8 Å². The van der Waals surface area contributed by atoms with Gasteiger partial charge in [0.15, 0.2) is 0 Å². The van der Waals surface area contributed by atoms with Gasteiger partial charge in [-0.05, 0) is 0 Å². The molecule has 1 heteroatoms. The molecule has 0 spiro atoms. The van der Waals surface area contributed by atoms with Crippen molar-refractivity contribution in [2.75, 3.05) is 0 Å². The molecule has 0 bridgehead atoms. The van der Waals surface area contributed by atoms with Crippen molar-refractivity contribution >= 4 is 0 Å². The molecule has 0 amide bonds. The molecule has 0 saturated heterocycles. The van der Waals surface area contributed by atoms with E-state index in [9.17, 15) is 0 Å². The van der Waals surface area contributed by atoms with Crippen LogP contribution in [0.5, 0.6) is 0 Å². The van der Waals surface area contributed by atoms with Gasteiger partial charge in [0.1, 0.15) is 0 Å². The molecule has 0 atom stereocenters. The van der Waals surface area contributed by atoms with Crippen LogP contribution in [0.3, 0.4) is 0 Å². The van der Waals surface area contributed by atoms with Gasteiger partial charge < -0.3 is 0 Å². The second kappa shape index (κ2) is 7.17. The van der Waals surface area contributed by atoms with Crippen molar-refractivity contribution in [3.05, 3.63) is 47.1 Å². The van der Waals surface area contributed by atoms with Crippen LogP contribution in [-0.2, 0) is 25.8 Å². The Bertz CT molecular complexity index is 288. The quantitative estimate of drug-likeness (QED) is 0.461. The molecule has 0 aromatic carbocycles. The minimum Gasteiger partial charge on any atom is -0.270 e. The summed E-state index contributed by atoms with van der Waals surface area (Å²) in [6, 6.07) is 0. The van der Waals surface area contributed by atoms with Gasteiger partial charge in [-0.15, -0.1) is 13.3 Å². The van der Waals surface area contributed by atoms with Crippen LogP contribution in [0, 0.1) is 12.2 Å². The first-order valence-corrected chi connectivity index (χ1v) is 4.68. The molecule has 2 rings (SSSR count). The number of hydrogen-bond donors (Lipinski definition) is 0. The second-order valence-corrected chi connectivity index (χ2v) is 3.42. The minimum atomic E-state index is 0. The zero-order chi connectivity index (χ0) is 9.68. The average Bonchev–Trinajstić information content (AvgIpc) is 2.67. The summed E-state index contributed by atoms with van der Waals surface area (Å²) >= 11 is 0. The molecular formula is C13H16Hf-2. The Labute approximate surface area is 106 Å². The van der Waals surface area contributed by atoms with Crippen molar-refractivity contribution in [1.82, 2.24) is 0 Å². The van der Waals surface area contributed by atoms with Gasteiger partial charge in [0.05, 0.1) is 0 Å². The topological polar surface area (TPSA) is 0 Å². The maximum Gasteiger partial charge on any atom is 0 e. The van der Waals surface area contributed by atoms with Gasteiger partial charge in [-0.1, -0.05) is 20.3 Å². The Balaban J connectivity index is 0.000000227. The summed E-state index contributed by atoms with van der Waals surface area (Å²) in [6.07, 6.45) is 14.6. The molecule has 0 aromatic rings. The zero-order valence-electron chi connectivity index (χ0n) is 9.15. The third kappa shape index (κ3) is 4.90. The summed E-state index contributed by atoms with van der Waals surface area (Å²) in [5.74, 6) is 0. The molecule has 0 nitrogen and oxygen atoms in total. The molecule has 2 aliphatic carbocycles. The van der Waals surface area contributed by atoms with E-state index >= 15 is 0 Å². The summed E-state index contributed by atoms with van der Waals surface area (Å²) in [7, 11) is 0. The molecule has 0 aromatic heterocycles. The largest absolute Gasteiger partial charge is 0.270 e. The van der Waals surface area contributed by atoms with E-state index in [-0.39, 0.29) is 25.8 Å². The molecule has 0 radical (unpaired) electrons. The SMILES string of the molecule is CC1=C(C)CC=[C-]1.CC1=[C-]CC=C1.[Hf]. The van der Waals surface area contributed by atoms with E-state index < -0.39 is 0 Å². The second-order valence-electron chi connectivity index (χ2n) is 3.42. The molecular weight excluding hydrogens is 335 g/mol. The summed E-state index contributed by atoms with van der Waals surface area (Å²) in [4.78, 5) is 0. The van der Waals surface area contributed by atoms with Crippen LogP contribution < -0.4 is 0 Å². The van der Waals surface area contributed by atoms with Crippen LogP contribution in [0.4, 0.5) is 0 Å². The Kier molecular flexibility index (Phi) is 7.08. The van der Waals surface area contributed by atoms with Crippen LogP contribution in [0.2, 0.25) is 0 Å². The fourth-order valence-electron chi connectivity index (χ4n) is 1.15. The first kappa shape index (κ1) is 13.8. The van der Waals surface area contributed by atoms with E-state index in [4.69, 9.17) is 0 Å². The number of rotatable bonds is 0. The minimum absolute atomic E-state index is 0. The molecule has 74 valence electrons. The van der Waals surface area contributed by atoms with Crippen LogP contribution in [0.15, 0.2) is 34.9 Å². The normalized spacial score (nSPS) is 17.5. The fraction of sp³-hybridized carbons (Fsp3) is 0.385. The van der Waals surface area contributed by atoms with Crippen molar-refractivity contribution in [1.29, 1.82) is 0 Å². The molecule has 0 fully saturated rings. The molecule has 2 aliphatic rings. The third-order valence-corrected chi connectivity index (χ3v) is 2.23. The van der Waals surface area contributed by atoms with Crippen molar-refractivity contribution in [3.8, 4) is 0 Å². The van der Waals surface area contributed by atoms with Crippen LogP contribution >= 0.6 is 0 Å². The molecule has 0 N–H and O–H groups in total. The summed E-state index contributed by atoms with van der Waals surface area (Å²) in [5.41, 5.74) is 4.05. The molecule has 14 heavy (non-hydrogen) atoms.